The molecule has 0 bridgehead atoms. The minimum atomic E-state index is 0.531. The van der Waals surface area contributed by atoms with Gasteiger partial charge in [0.05, 0.1) is 11.6 Å². The Bertz CT molecular complexity index is 878. The van der Waals surface area contributed by atoms with Gasteiger partial charge < -0.3 is 5.43 Å². The van der Waals surface area contributed by atoms with Gasteiger partial charge in [-0.05, 0) is 59.9 Å². The Morgan fingerprint density at radius 2 is 2.07 bits per heavy atom. The zero-order valence-electron chi connectivity index (χ0n) is 16.4. The number of benzene rings is 2. The molecule has 3 nitrogen and oxygen atoms in total. The summed E-state index contributed by atoms with van der Waals surface area (Å²) in [5, 5.41) is 15.0. The summed E-state index contributed by atoms with van der Waals surface area (Å²) in [4.78, 5) is 0. The molecule has 0 radical (unpaired) electrons. The molecule has 2 aromatic rings. The number of hydrazone groups is 1. The summed E-state index contributed by atoms with van der Waals surface area (Å²) >= 11 is 1.74. The van der Waals surface area contributed by atoms with Crippen LogP contribution in [0.15, 0.2) is 41.5 Å². The van der Waals surface area contributed by atoms with Gasteiger partial charge in [0.2, 0.25) is 0 Å². The molecule has 0 heterocycles. The lowest BCUT2D eigenvalue weighted by Gasteiger charge is -2.12. The molecule has 0 spiro atoms. The monoisotopic (exact) mass is 377 g/mol. The maximum atomic E-state index is 9.57. The lowest BCUT2D eigenvalue weighted by atomic mass is 9.97. The van der Waals surface area contributed by atoms with Gasteiger partial charge in [0, 0.05) is 18.4 Å². The molecule has 2 aromatic carbocycles. The Balaban J connectivity index is 1.81. The van der Waals surface area contributed by atoms with Crippen molar-refractivity contribution in [2.24, 2.45) is 11.0 Å². The van der Waals surface area contributed by atoms with Gasteiger partial charge in [-0.25, -0.2) is 0 Å². The van der Waals surface area contributed by atoms with E-state index in [4.69, 9.17) is 0 Å². The van der Waals surface area contributed by atoms with Gasteiger partial charge in [-0.15, -0.1) is 0 Å². The molecule has 1 aliphatic carbocycles. The van der Waals surface area contributed by atoms with E-state index >= 15 is 0 Å². The van der Waals surface area contributed by atoms with E-state index in [1.807, 2.05) is 13.1 Å². The molecular formula is C23H27N3S. The van der Waals surface area contributed by atoms with E-state index in [0.717, 1.165) is 33.9 Å². The van der Waals surface area contributed by atoms with E-state index in [-0.39, 0.29) is 0 Å². The van der Waals surface area contributed by atoms with Crippen LogP contribution in [0.4, 0.5) is 0 Å². The molecule has 0 aromatic heterocycles. The normalized spacial score (nSPS) is 13.5. The standard InChI is InChI=1S/C23H27N3S/c1-16(2)12-18-10-11-19(13-21(18)14-24)23(26-25-3)27-15-20-8-4-6-17-7-5-9-22(17)20/h4,6,8,10-11,13,16,25H,5,7,9,12,15H2,1-3H3/b26-23-. The van der Waals surface area contributed by atoms with Crippen LogP contribution in [-0.4, -0.2) is 12.1 Å². The molecule has 1 aliphatic rings. The number of hydrogen-bond donors (Lipinski definition) is 1. The van der Waals surface area contributed by atoms with Crippen molar-refractivity contribution >= 4 is 16.8 Å². The summed E-state index contributed by atoms with van der Waals surface area (Å²) in [7, 11) is 1.82. The molecule has 0 atom stereocenters. The van der Waals surface area contributed by atoms with Gasteiger partial charge in [0.15, 0.2) is 0 Å². The average Bonchev–Trinajstić information content (AvgIpc) is 3.14. The van der Waals surface area contributed by atoms with Crippen LogP contribution in [0, 0.1) is 17.2 Å². The van der Waals surface area contributed by atoms with Crippen molar-refractivity contribution in [3.63, 3.8) is 0 Å². The molecule has 140 valence electrons. The minimum Gasteiger partial charge on any atom is -0.312 e. The Labute approximate surface area is 166 Å². The van der Waals surface area contributed by atoms with E-state index in [1.54, 1.807) is 11.8 Å². The van der Waals surface area contributed by atoms with Crippen LogP contribution >= 0.6 is 11.8 Å². The quantitative estimate of drug-likeness (QED) is 0.435. The van der Waals surface area contributed by atoms with Gasteiger partial charge in [-0.1, -0.05) is 55.9 Å². The topological polar surface area (TPSA) is 48.2 Å². The number of fused-ring (bicyclic) bond motifs is 1. The smallest absolute Gasteiger partial charge is 0.124 e. The van der Waals surface area contributed by atoms with Gasteiger partial charge in [-0.3, -0.25) is 0 Å². The molecule has 0 unspecified atom stereocenters. The average molecular weight is 378 g/mol. The Kier molecular flexibility index (Phi) is 6.58. The van der Waals surface area contributed by atoms with E-state index in [2.05, 4.69) is 60.8 Å². The summed E-state index contributed by atoms with van der Waals surface area (Å²) in [6.45, 7) is 4.36. The number of rotatable bonds is 6. The predicted octanol–water partition coefficient (Wildman–Crippen LogP) is 5.06. The van der Waals surface area contributed by atoms with Crippen LogP contribution in [0.1, 0.15) is 53.6 Å². The fourth-order valence-electron chi connectivity index (χ4n) is 3.69. The van der Waals surface area contributed by atoms with Crippen LogP contribution in [0.2, 0.25) is 0 Å². The summed E-state index contributed by atoms with van der Waals surface area (Å²) < 4.78 is 0. The highest BCUT2D eigenvalue weighted by atomic mass is 32.2. The molecule has 27 heavy (non-hydrogen) atoms. The van der Waals surface area contributed by atoms with Crippen molar-refractivity contribution in [1.29, 1.82) is 5.26 Å². The largest absolute Gasteiger partial charge is 0.312 e. The van der Waals surface area contributed by atoms with Gasteiger partial charge in [0.25, 0.3) is 0 Å². The minimum absolute atomic E-state index is 0.531. The van der Waals surface area contributed by atoms with Gasteiger partial charge >= 0.3 is 0 Å². The van der Waals surface area contributed by atoms with Crippen molar-refractivity contribution < 1.29 is 0 Å². The molecule has 0 amide bonds. The summed E-state index contributed by atoms with van der Waals surface area (Å²) in [6.07, 6.45) is 4.57. The maximum Gasteiger partial charge on any atom is 0.124 e. The van der Waals surface area contributed by atoms with Crippen LogP contribution in [-0.2, 0) is 25.0 Å². The molecule has 0 saturated carbocycles. The number of hydrogen-bond acceptors (Lipinski definition) is 4. The van der Waals surface area contributed by atoms with Crippen molar-refractivity contribution in [2.45, 2.75) is 45.3 Å². The molecule has 4 heteroatoms. The third-order valence-electron chi connectivity index (χ3n) is 4.93. The summed E-state index contributed by atoms with van der Waals surface area (Å²) in [5.74, 6) is 1.43. The molecule has 3 rings (SSSR count). The lowest BCUT2D eigenvalue weighted by Crippen LogP contribution is -2.06. The highest BCUT2D eigenvalue weighted by Crippen LogP contribution is 2.29. The van der Waals surface area contributed by atoms with E-state index in [0.29, 0.717) is 5.92 Å². The Morgan fingerprint density at radius 1 is 1.22 bits per heavy atom. The van der Waals surface area contributed by atoms with Crippen LogP contribution in [0.5, 0.6) is 0 Å². The Hall–Kier alpha value is -2.25. The second-order valence-electron chi connectivity index (χ2n) is 7.42. The van der Waals surface area contributed by atoms with Crippen molar-refractivity contribution in [2.75, 3.05) is 7.05 Å². The first-order valence-corrected chi connectivity index (χ1v) is 10.6. The number of nitrogens with zero attached hydrogens (tertiary/aromatic N) is 2. The molecule has 0 saturated heterocycles. The second-order valence-corrected chi connectivity index (χ2v) is 8.38. The van der Waals surface area contributed by atoms with Crippen molar-refractivity contribution in [1.82, 2.24) is 5.43 Å². The molecule has 0 aliphatic heterocycles. The fraction of sp³-hybridized carbons (Fsp3) is 0.391. The second kappa shape index (κ2) is 9.10. The predicted molar refractivity (Wildman–Crippen MR) is 115 cm³/mol. The first kappa shape index (κ1) is 19.5. The highest BCUT2D eigenvalue weighted by molar-refractivity contribution is 8.13. The number of nitrogens with one attached hydrogen (secondary N) is 1. The maximum absolute atomic E-state index is 9.57. The van der Waals surface area contributed by atoms with Gasteiger partial charge in [0.1, 0.15) is 5.04 Å². The molecule has 1 N–H and O–H groups in total. The summed E-state index contributed by atoms with van der Waals surface area (Å²) in [5.41, 5.74) is 10.2. The third-order valence-corrected chi connectivity index (χ3v) is 5.98. The highest BCUT2D eigenvalue weighted by Gasteiger charge is 2.16. The first-order chi connectivity index (χ1) is 13.1. The van der Waals surface area contributed by atoms with Crippen LogP contribution < -0.4 is 5.43 Å². The number of nitriles is 1. The zero-order valence-corrected chi connectivity index (χ0v) is 17.2. The Morgan fingerprint density at radius 3 is 2.81 bits per heavy atom. The number of thioether (sulfide) groups is 1. The lowest BCUT2D eigenvalue weighted by molar-refractivity contribution is 0.646. The molecular weight excluding hydrogens is 350 g/mol. The van der Waals surface area contributed by atoms with Crippen molar-refractivity contribution in [3.8, 4) is 6.07 Å². The van der Waals surface area contributed by atoms with E-state index in [9.17, 15) is 5.26 Å². The van der Waals surface area contributed by atoms with E-state index in [1.165, 1.54) is 36.0 Å². The SMILES string of the molecule is CN/N=C(\SCc1cccc2c1CCC2)c1ccc(CC(C)C)c(C#N)c1. The molecule has 0 fully saturated rings. The van der Waals surface area contributed by atoms with Crippen LogP contribution in [0.3, 0.4) is 0 Å². The van der Waals surface area contributed by atoms with Gasteiger partial charge in [-0.2, -0.15) is 10.4 Å². The summed E-state index contributed by atoms with van der Waals surface area (Å²) in [6, 6.07) is 15.2. The van der Waals surface area contributed by atoms with E-state index < -0.39 is 0 Å². The first-order valence-electron chi connectivity index (χ1n) is 9.62. The fourth-order valence-corrected chi connectivity index (χ4v) is 4.71. The zero-order chi connectivity index (χ0) is 19.2. The van der Waals surface area contributed by atoms with Crippen LogP contribution in [0.25, 0.3) is 0 Å². The third kappa shape index (κ3) is 4.73. The number of aryl methyl sites for hydroxylation is 1. The van der Waals surface area contributed by atoms with Crippen molar-refractivity contribution in [3.05, 3.63) is 69.8 Å².